The molecular formula is C30H40Cl3F8IN4O3. The van der Waals surface area contributed by atoms with Gasteiger partial charge >= 0.3 is 18.3 Å². The second kappa shape index (κ2) is 22.9. The van der Waals surface area contributed by atoms with Gasteiger partial charge in [-0.2, -0.15) is 26.3 Å². The fraction of sp³-hybridized carbons (Fsp3) is 0.600. The highest BCUT2D eigenvalue weighted by atomic mass is 127. The zero-order valence-electron chi connectivity index (χ0n) is 25.6. The first kappa shape index (κ1) is 49.4. The van der Waals surface area contributed by atoms with Crippen molar-refractivity contribution in [3.63, 3.8) is 0 Å². The molecule has 2 saturated heterocycles. The number of carboxylic acid groups (broad SMARTS) is 1. The highest BCUT2D eigenvalue weighted by molar-refractivity contribution is 14.1. The molecule has 2 N–H and O–H groups in total. The number of carbonyl (C=O) groups is 2. The van der Waals surface area contributed by atoms with Gasteiger partial charge in [0.2, 0.25) is 5.91 Å². The molecule has 0 bridgehead atoms. The molecule has 1 amide bonds. The van der Waals surface area contributed by atoms with Crippen LogP contribution < -0.4 is 5.32 Å². The molecule has 2 aliphatic rings. The number of amides is 1. The number of aromatic nitrogens is 2. The molecule has 0 aromatic carbocycles. The van der Waals surface area contributed by atoms with Crippen molar-refractivity contribution in [2.45, 2.75) is 82.5 Å². The van der Waals surface area contributed by atoms with Crippen molar-refractivity contribution in [1.82, 2.24) is 20.2 Å². The number of nitrogens with zero attached hydrogens (tertiary/aromatic N) is 3. The molecule has 0 unspecified atom stereocenters. The number of pyridine rings is 2. The van der Waals surface area contributed by atoms with Crippen LogP contribution in [0.5, 0.6) is 0 Å². The number of hydrogen-bond donors (Lipinski definition) is 2. The molecule has 49 heavy (non-hydrogen) atoms. The Morgan fingerprint density at radius 2 is 1.20 bits per heavy atom. The van der Waals surface area contributed by atoms with E-state index in [9.17, 15) is 44.7 Å². The number of likely N-dealkylation sites (tertiary alicyclic amines) is 1. The molecule has 0 spiro atoms. The van der Waals surface area contributed by atoms with Crippen molar-refractivity contribution in [1.29, 1.82) is 0 Å². The smallest absolute Gasteiger partial charge is 0.389 e. The van der Waals surface area contributed by atoms with E-state index >= 15 is 0 Å². The van der Waals surface area contributed by atoms with E-state index in [-0.39, 0.29) is 45.8 Å². The van der Waals surface area contributed by atoms with Crippen LogP contribution >= 0.6 is 58.2 Å². The first-order valence-electron chi connectivity index (χ1n) is 14.1. The first-order chi connectivity index (χ1) is 21.8. The van der Waals surface area contributed by atoms with Crippen molar-refractivity contribution in [2.24, 2.45) is 0 Å². The van der Waals surface area contributed by atoms with E-state index in [1.54, 1.807) is 12.3 Å². The van der Waals surface area contributed by atoms with Gasteiger partial charge in [0, 0.05) is 68.3 Å². The average molecular weight is 890 g/mol. The molecule has 4 heterocycles. The molecule has 7 nitrogen and oxygen atoms in total. The summed E-state index contributed by atoms with van der Waals surface area (Å²) in [6.07, 6.45) is -5.65. The third-order valence-electron chi connectivity index (χ3n) is 6.99. The fourth-order valence-electron chi connectivity index (χ4n) is 4.48. The van der Waals surface area contributed by atoms with Gasteiger partial charge in [0.25, 0.3) is 0 Å². The van der Waals surface area contributed by atoms with Gasteiger partial charge in [-0.3, -0.25) is 19.6 Å². The normalized spacial score (nSPS) is 16.4. The molecule has 0 aliphatic carbocycles. The Labute approximate surface area is 310 Å². The van der Waals surface area contributed by atoms with Crippen molar-refractivity contribution in [3.8, 4) is 0 Å². The molecule has 0 saturated carbocycles. The minimum Gasteiger partial charge on any atom is -0.481 e. The van der Waals surface area contributed by atoms with Crippen molar-refractivity contribution < 1.29 is 49.8 Å². The lowest BCUT2D eigenvalue weighted by atomic mass is 9.87. The molecule has 282 valence electrons. The van der Waals surface area contributed by atoms with Gasteiger partial charge in [-0.1, -0.05) is 53.2 Å². The lowest BCUT2D eigenvalue weighted by Gasteiger charge is -2.36. The van der Waals surface area contributed by atoms with Gasteiger partial charge in [-0.05, 0) is 43.0 Å². The van der Waals surface area contributed by atoms with Gasteiger partial charge in [0.15, 0.2) is 0 Å². The first-order valence-corrected chi connectivity index (χ1v) is 17.0. The van der Waals surface area contributed by atoms with Crippen LogP contribution in [-0.4, -0.2) is 75.3 Å². The Bertz CT molecular complexity index is 1270. The Balaban J connectivity index is 0. The van der Waals surface area contributed by atoms with Crippen LogP contribution in [0.4, 0.5) is 35.1 Å². The highest BCUT2D eigenvalue weighted by Crippen LogP contribution is 2.38. The summed E-state index contributed by atoms with van der Waals surface area (Å²) in [7, 11) is 0. The molecule has 2 aromatic rings. The van der Waals surface area contributed by atoms with Crippen LogP contribution in [0, 0.1) is 0 Å². The van der Waals surface area contributed by atoms with E-state index in [1.807, 2.05) is 4.93 Å². The minimum atomic E-state index is -4.36. The Hall–Kier alpha value is -1.76. The average Bonchev–Trinajstić information content (AvgIpc) is 3.01. The molecule has 2 aromatic heterocycles. The maximum Gasteiger partial charge on any atom is 0.389 e. The number of piperidine rings is 2. The summed E-state index contributed by atoms with van der Waals surface area (Å²) in [6, 6.07) is 3.15. The predicted molar refractivity (Wildman–Crippen MR) is 184 cm³/mol. The number of hydrogen-bond acceptors (Lipinski definition) is 5. The van der Waals surface area contributed by atoms with Crippen LogP contribution in [0.2, 0.25) is 10.0 Å². The standard InChI is InChI=1S/C14H15ClF4N2O.C10H12ClFN2.C4H5F3O2.CH3I.CH4.ClH/c15-11-7-10(8-20-9-11)13(16)3-5-21(6-4-13)12(22)1-2-14(17,18)19;11-9-5-8(6-14-7-9)10(12)1-3-13-4-2-10;5-4(6,7)2-1-3(8)9;1-2;;/h7-9H,1-6H2;5-7,13H,1-4H2;1-2H2,(H,8,9);1H3;1H4;1H. The van der Waals surface area contributed by atoms with Gasteiger partial charge in [0.1, 0.15) is 11.3 Å². The van der Waals surface area contributed by atoms with E-state index in [1.165, 1.54) is 29.6 Å². The summed E-state index contributed by atoms with van der Waals surface area (Å²) < 4.78 is 99.0. The number of halogens is 12. The van der Waals surface area contributed by atoms with E-state index < -0.39 is 61.2 Å². The molecular weight excluding hydrogens is 850 g/mol. The summed E-state index contributed by atoms with van der Waals surface area (Å²) in [5.74, 6) is -2.02. The number of carbonyl (C=O) groups excluding carboxylic acids is 1. The molecule has 0 atom stereocenters. The van der Waals surface area contributed by atoms with Crippen molar-refractivity contribution >= 4 is 70.1 Å². The number of alkyl halides is 9. The van der Waals surface area contributed by atoms with E-state index in [0.717, 1.165) is 0 Å². The lowest BCUT2D eigenvalue weighted by molar-refractivity contribution is -0.152. The SMILES string of the molecule is C.CI.Cl.FC1(c2cncc(Cl)c2)CCNCC1.O=C(CCC(F)(F)F)N1CCC(F)(c2cncc(Cl)c2)CC1.O=C(O)CCC(F)(F)F. The second-order valence-electron chi connectivity index (χ2n) is 10.5. The molecule has 19 heteroatoms. The molecule has 2 aliphatic heterocycles. The summed E-state index contributed by atoms with van der Waals surface area (Å²) in [4.78, 5) is 32.3. The van der Waals surface area contributed by atoms with Crippen LogP contribution in [0.1, 0.15) is 69.9 Å². The van der Waals surface area contributed by atoms with Crippen molar-refractivity contribution in [2.75, 3.05) is 31.1 Å². The predicted octanol–water partition coefficient (Wildman–Crippen LogP) is 9.67. The Morgan fingerprint density at radius 3 is 1.55 bits per heavy atom. The summed E-state index contributed by atoms with van der Waals surface area (Å²) >= 11 is 13.7. The van der Waals surface area contributed by atoms with E-state index in [2.05, 4.69) is 37.9 Å². The Morgan fingerprint density at radius 1 is 0.816 bits per heavy atom. The maximum atomic E-state index is 14.9. The number of carboxylic acids is 1. The monoisotopic (exact) mass is 888 g/mol. The quantitative estimate of drug-likeness (QED) is 0.171. The summed E-state index contributed by atoms with van der Waals surface area (Å²) in [5.41, 5.74) is -1.96. The Kier molecular flexibility index (Phi) is 23.1. The van der Waals surface area contributed by atoms with Crippen LogP contribution in [-0.2, 0) is 20.9 Å². The van der Waals surface area contributed by atoms with Crippen LogP contribution in [0.3, 0.4) is 0 Å². The molecule has 4 rings (SSSR count). The van der Waals surface area contributed by atoms with Crippen LogP contribution in [0.25, 0.3) is 0 Å². The third kappa shape index (κ3) is 19.4. The van der Waals surface area contributed by atoms with Gasteiger partial charge in [0.05, 0.1) is 29.3 Å². The van der Waals surface area contributed by atoms with E-state index in [4.69, 9.17) is 28.3 Å². The topological polar surface area (TPSA) is 95.4 Å². The van der Waals surface area contributed by atoms with Crippen molar-refractivity contribution in [3.05, 3.63) is 58.1 Å². The lowest BCUT2D eigenvalue weighted by Crippen LogP contribution is -2.43. The maximum absolute atomic E-state index is 14.9. The van der Waals surface area contributed by atoms with Gasteiger partial charge in [-0.15, -0.1) is 12.4 Å². The largest absolute Gasteiger partial charge is 0.481 e. The fourth-order valence-corrected chi connectivity index (χ4v) is 4.83. The molecule has 0 radical (unpaired) electrons. The number of rotatable bonds is 6. The summed E-state index contributed by atoms with van der Waals surface area (Å²) in [6.45, 7) is 1.59. The molecule has 2 fully saturated rings. The van der Waals surface area contributed by atoms with Crippen LogP contribution in [0.15, 0.2) is 36.9 Å². The zero-order valence-corrected chi connectivity index (χ0v) is 30.1. The second-order valence-corrected chi connectivity index (χ2v) is 11.3. The number of aliphatic carboxylic acids is 1. The highest BCUT2D eigenvalue weighted by Gasteiger charge is 2.39. The zero-order chi connectivity index (χ0) is 35.9. The van der Waals surface area contributed by atoms with Gasteiger partial charge in [-0.25, -0.2) is 8.78 Å². The minimum absolute atomic E-state index is 0. The third-order valence-corrected chi connectivity index (χ3v) is 7.41. The summed E-state index contributed by atoms with van der Waals surface area (Å²) in [5, 5.41) is 11.7. The van der Waals surface area contributed by atoms with E-state index in [0.29, 0.717) is 47.1 Å². The number of nitrogens with one attached hydrogen (secondary N) is 1. The van der Waals surface area contributed by atoms with Gasteiger partial charge < -0.3 is 15.3 Å².